The van der Waals surface area contributed by atoms with Gasteiger partial charge in [0.05, 0.1) is 12.6 Å². The van der Waals surface area contributed by atoms with Crippen LogP contribution in [0.1, 0.15) is 13.8 Å². The zero-order chi connectivity index (χ0) is 9.72. The Hall–Kier alpha value is -1.26. The van der Waals surface area contributed by atoms with E-state index in [0.717, 1.165) is 0 Å². The molecule has 70 valence electrons. The van der Waals surface area contributed by atoms with Gasteiger partial charge >= 0.3 is 6.09 Å². The van der Waals surface area contributed by atoms with E-state index in [9.17, 15) is 4.79 Å². The first-order chi connectivity index (χ1) is 5.43. The molecule has 0 aliphatic rings. The summed E-state index contributed by atoms with van der Waals surface area (Å²) in [6.07, 6.45) is -0.605. The second-order valence-electron chi connectivity index (χ2n) is 2.81. The molecule has 0 radical (unpaired) electrons. The number of amides is 1. The number of amidine groups is 1. The van der Waals surface area contributed by atoms with Crippen molar-refractivity contribution in [3.63, 3.8) is 0 Å². The summed E-state index contributed by atoms with van der Waals surface area (Å²) in [5.74, 6) is -0.0572. The van der Waals surface area contributed by atoms with Gasteiger partial charge in [0, 0.05) is 7.05 Å². The molecule has 0 unspecified atom stereocenters. The third-order valence-corrected chi connectivity index (χ3v) is 1.06. The largest absolute Gasteiger partial charge is 0.447 e. The van der Waals surface area contributed by atoms with Crippen molar-refractivity contribution in [1.82, 2.24) is 4.90 Å². The number of nitrogens with two attached hydrogens (primary N) is 1. The summed E-state index contributed by atoms with van der Waals surface area (Å²) in [6, 6.07) is 0. The van der Waals surface area contributed by atoms with Crippen LogP contribution in [0.15, 0.2) is 0 Å². The number of hydrogen-bond donors (Lipinski definition) is 2. The number of carbonyl (C=O) groups excluding carboxylic acids is 1. The summed E-state index contributed by atoms with van der Waals surface area (Å²) in [5.41, 5.74) is 5.10. The van der Waals surface area contributed by atoms with Gasteiger partial charge in [-0.15, -0.1) is 0 Å². The zero-order valence-corrected chi connectivity index (χ0v) is 7.63. The number of rotatable bonds is 3. The molecule has 0 heterocycles. The lowest BCUT2D eigenvalue weighted by Crippen LogP contribution is -2.36. The van der Waals surface area contributed by atoms with Crippen LogP contribution >= 0.6 is 0 Å². The van der Waals surface area contributed by atoms with E-state index in [4.69, 9.17) is 15.9 Å². The molecule has 0 aliphatic carbocycles. The van der Waals surface area contributed by atoms with Crippen LogP contribution in [-0.2, 0) is 4.74 Å². The van der Waals surface area contributed by atoms with Gasteiger partial charge in [0.15, 0.2) is 0 Å². The third kappa shape index (κ3) is 4.54. The molecule has 0 rings (SSSR count). The second kappa shape index (κ2) is 4.58. The lowest BCUT2D eigenvalue weighted by atomic mass is 10.5. The van der Waals surface area contributed by atoms with Crippen molar-refractivity contribution in [2.45, 2.75) is 20.0 Å². The number of nitrogens with zero attached hydrogens (tertiary/aromatic N) is 1. The zero-order valence-electron chi connectivity index (χ0n) is 7.63. The highest BCUT2D eigenvalue weighted by Gasteiger charge is 2.11. The number of likely N-dealkylation sites (N-methyl/N-ethyl adjacent to an activating group) is 1. The first-order valence-corrected chi connectivity index (χ1v) is 3.68. The molecule has 0 bridgehead atoms. The van der Waals surface area contributed by atoms with E-state index < -0.39 is 6.09 Å². The second-order valence-corrected chi connectivity index (χ2v) is 2.81. The molecule has 0 saturated heterocycles. The molecule has 0 fully saturated rings. The van der Waals surface area contributed by atoms with Crippen molar-refractivity contribution >= 4 is 11.9 Å². The molecule has 12 heavy (non-hydrogen) atoms. The molecule has 0 saturated carbocycles. The molecule has 5 nitrogen and oxygen atoms in total. The third-order valence-electron chi connectivity index (χ3n) is 1.06. The quantitative estimate of drug-likeness (QED) is 0.479. The van der Waals surface area contributed by atoms with E-state index in [0.29, 0.717) is 0 Å². The molecule has 1 amide bonds. The van der Waals surface area contributed by atoms with E-state index in [1.54, 1.807) is 13.8 Å². The van der Waals surface area contributed by atoms with Gasteiger partial charge in [0.25, 0.3) is 0 Å². The summed E-state index contributed by atoms with van der Waals surface area (Å²) >= 11 is 0. The summed E-state index contributed by atoms with van der Waals surface area (Å²) in [6.45, 7) is 3.63. The van der Waals surface area contributed by atoms with Crippen LogP contribution in [-0.4, -0.2) is 36.5 Å². The van der Waals surface area contributed by atoms with Crippen molar-refractivity contribution in [3.8, 4) is 0 Å². The molecule has 3 N–H and O–H groups in total. The molecule has 0 spiro atoms. The van der Waals surface area contributed by atoms with Crippen molar-refractivity contribution in [3.05, 3.63) is 0 Å². The fraction of sp³-hybridized carbons (Fsp3) is 0.714. The van der Waals surface area contributed by atoms with Crippen LogP contribution in [0.25, 0.3) is 0 Å². The molecule has 0 aliphatic heterocycles. The van der Waals surface area contributed by atoms with Gasteiger partial charge in [-0.25, -0.2) is 4.79 Å². The van der Waals surface area contributed by atoms with E-state index in [1.807, 2.05) is 0 Å². The molecular weight excluding hydrogens is 158 g/mol. The predicted octanol–water partition coefficient (Wildman–Crippen LogP) is 0.399. The van der Waals surface area contributed by atoms with Crippen molar-refractivity contribution in [2.75, 3.05) is 13.6 Å². The Morgan fingerprint density at radius 2 is 2.17 bits per heavy atom. The Morgan fingerprint density at radius 3 is 2.50 bits per heavy atom. The smallest absolute Gasteiger partial charge is 0.410 e. The Bertz CT molecular complexity index is 179. The van der Waals surface area contributed by atoms with Crippen LogP contribution in [0.3, 0.4) is 0 Å². The van der Waals surface area contributed by atoms with Crippen LogP contribution in [0.4, 0.5) is 4.79 Å². The van der Waals surface area contributed by atoms with Crippen LogP contribution < -0.4 is 5.73 Å². The Labute approximate surface area is 72.0 Å². The molecule has 0 atom stereocenters. The maximum Gasteiger partial charge on any atom is 0.410 e. The SMILES string of the molecule is CC(C)OC(=O)N(C)CC(=N)N. The maximum absolute atomic E-state index is 11.0. The molecule has 0 aromatic rings. The number of ether oxygens (including phenoxy) is 1. The van der Waals surface area contributed by atoms with E-state index in [2.05, 4.69) is 0 Å². The van der Waals surface area contributed by atoms with Crippen molar-refractivity contribution in [2.24, 2.45) is 5.73 Å². The summed E-state index contributed by atoms with van der Waals surface area (Å²) in [5, 5.41) is 6.93. The minimum Gasteiger partial charge on any atom is -0.447 e. The van der Waals surface area contributed by atoms with Crippen molar-refractivity contribution < 1.29 is 9.53 Å². The Morgan fingerprint density at radius 1 is 1.67 bits per heavy atom. The lowest BCUT2D eigenvalue weighted by Gasteiger charge is -2.17. The van der Waals surface area contributed by atoms with Crippen LogP contribution in [0.5, 0.6) is 0 Å². The number of hydrogen-bond acceptors (Lipinski definition) is 3. The van der Waals surface area contributed by atoms with Gasteiger partial charge < -0.3 is 15.4 Å². The van der Waals surface area contributed by atoms with Gasteiger partial charge in [-0.05, 0) is 13.8 Å². The number of nitrogens with one attached hydrogen (secondary N) is 1. The lowest BCUT2D eigenvalue weighted by molar-refractivity contribution is 0.0878. The van der Waals surface area contributed by atoms with Gasteiger partial charge in [-0.2, -0.15) is 0 Å². The first kappa shape index (κ1) is 10.7. The topological polar surface area (TPSA) is 79.4 Å². The summed E-state index contributed by atoms with van der Waals surface area (Å²) < 4.78 is 4.85. The minimum atomic E-state index is -0.458. The average Bonchev–Trinajstić information content (AvgIpc) is 1.84. The fourth-order valence-electron chi connectivity index (χ4n) is 0.612. The minimum absolute atomic E-state index is 0.0572. The molecular formula is C7H15N3O2. The van der Waals surface area contributed by atoms with Gasteiger partial charge in [-0.1, -0.05) is 0 Å². The Kier molecular flexibility index (Phi) is 4.10. The van der Waals surface area contributed by atoms with Crippen LogP contribution in [0, 0.1) is 5.41 Å². The summed E-state index contributed by atoms with van der Waals surface area (Å²) in [7, 11) is 1.53. The first-order valence-electron chi connectivity index (χ1n) is 3.68. The standard InChI is InChI=1S/C7H15N3O2/c1-5(2)12-7(11)10(3)4-6(8)9/h5H,4H2,1-3H3,(H3,8,9). The normalized spacial score (nSPS) is 9.67. The van der Waals surface area contributed by atoms with Gasteiger partial charge in [0.1, 0.15) is 5.84 Å². The Balaban J connectivity index is 3.85. The van der Waals surface area contributed by atoms with E-state index >= 15 is 0 Å². The fourth-order valence-corrected chi connectivity index (χ4v) is 0.612. The van der Waals surface area contributed by atoms with Gasteiger partial charge in [-0.3, -0.25) is 5.41 Å². The molecule has 0 aromatic heterocycles. The predicted molar refractivity (Wildman–Crippen MR) is 46.2 cm³/mol. The highest BCUT2D eigenvalue weighted by atomic mass is 16.6. The molecule has 5 heteroatoms. The van der Waals surface area contributed by atoms with Crippen LogP contribution in [0.2, 0.25) is 0 Å². The van der Waals surface area contributed by atoms with E-state index in [1.165, 1.54) is 11.9 Å². The summed E-state index contributed by atoms with van der Waals surface area (Å²) in [4.78, 5) is 12.3. The monoisotopic (exact) mass is 173 g/mol. The average molecular weight is 173 g/mol. The van der Waals surface area contributed by atoms with E-state index in [-0.39, 0.29) is 18.5 Å². The molecule has 0 aromatic carbocycles. The van der Waals surface area contributed by atoms with Crippen molar-refractivity contribution in [1.29, 1.82) is 5.41 Å². The highest BCUT2D eigenvalue weighted by molar-refractivity contribution is 5.82. The maximum atomic E-state index is 11.0. The number of carbonyl (C=O) groups is 1. The van der Waals surface area contributed by atoms with Gasteiger partial charge in [0.2, 0.25) is 0 Å². The highest BCUT2D eigenvalue weighted by Crippen LogP contribution is 1.94.